The molecule has 1 N–H and O–H groups in total. The molecule has 0 amide bonds. The molecule has 0 heterocycles. The Bertz CT molecular complexity index is 192. The molecular formula is C7H10O5. The maximum Gasteiger partial charge on any atom is 0.345 e. The van der Waals surface area contributed by atoms with Gasteiger partial charge >= 0.3 is 11.9 Å². The highest BCUT2D eigenvalue weighted by Crippen LogP contribution is 2.00. The molecule has 0 aliphatic rings. The quantitative estimate of drug-likeness (QED) is 0.606. The predicted molar refractivity (Wildman–Crippen MR) is 38.5 cm³/mol. The van der Waals surface area contributed by atoms with Gasteiger partial charge in [-0.2, -0.15) is 0 Å². The van der Waals surface area contributed by atoms with Gasteiger partial charge in [0.15, 0.2) is 0 Å². The lowest BCUT2D eigenvalue weighted by Crippen LogP contribution is -2.28. The maximum absolute atomic E-state index is 10.5. The monoisotopic (exact) mass is 174 g/mol. The summed E-state index contributed by atoms with van der Waals surface area (Å²) in [5, 5.41) is 8.44. The summed E-state index contributed by atoms with van der Waals surface area (Å²) >= 11 is 0. The lowest BCUT2D eigenvalue weighted by molar-refractivity contribution is -0.163. The summed E-state index contributed by atoms with van der Waals surface area (Å²) in [6.45, 7) is 2.33. The molecule has 0 aromatic rings. The highest BCUT2D eigenvalue weighted by Gasteiger charge is 2.21. The van der Waals surface area contributed by atoms with Gasteiger partial charge in [-0.25, -0.2) is 4.79 Å². The van der Waals surface area contributed by atoms with Crippen LogP contribution >= 0.6 is 0 Å². The number of carbonyl (C=O) groups excluding carboxylic acids is 2. The van der Waals surface area contributed by atoms with Gasteiger partial charge in [0.25, 0.3) is 0 Å². The van der Waals surface area contributed by atoms with E-state index in [1.54, 1.807) is 0 Å². The van der Waals surface area contributed by atoms with Crippen molar-refractivity contribution in [2.75, 3.05) is 0 Å². The van der Waals surface area contributed by atoms with Gasteiger partial charge < -0.3 is 9.84 Å². The van der Waals surface area contributed by atoms with E-state index in [9.17, 15) is 14.4 Å². The standard InChI is InChI=1S/C7H10O5/c1-4(8)3-6(7(10)11)12-5(2)9/h6H,3H2,1-2H3,(H,10,11)/t6-/m0/s1. The van der Waals surface area contributed by atoms with Crippen molar-refractivity contribution >= 4 is 17.7 Å². The summed E-state index contributed by atoms with van der Waals surface area (Å²) in [6.07, 6.45) is -1.63. The van der Waals surface area contributed by atoms with Crippen molar-refractivity contribution in [3.63, 3.8) is 0 Å². The van der Waals surface area contributed by atoms with Gasteiger partial charge in [-0.1, -0.05) is 0 Å². The smallest absolute Gasteiger partial charge is 0.345 e. The minimum absolute atomic E-state index is 0.283. The molecule has 5 heteroatoms. The first-order valence-corrected chi connectivity index (χ1v) is 3.33. The van der Waals surface area contributed by atoms with E-state index in [0.29, 0.717) is 0 Å². The van der Waals surface area contributed by atoms with Crippen LogP contribution in [0.25, 0.3) is 0 Å². The molecule has 68 valence electrons. The van der Waals surface area contributed by atoms with E-state index in [1.165, 1.54) is 6.92 Å². The Kier molecular flexibility index (Phi) is 3.96. The number of carbonyl (C=O) groups is 3. The number of rotatable bonds is 4. The Morgan fingerprint density at radius 3 is 2.08 bits per heavy atom. The van der Waals surface area contributed by atoms with Crippen molar-refractivity contribution in [2.24, 2.45) is 0 Å². The number of Topliss-reactive ketones (excluding diaryl/α,β-unsaturated/α-hetero) is 1. The minimum Gasteiger partial charge on any atom is -0.478 e. The van der Waals surface area contributed by atoms with Crippen LogP contribution in [-0.4, -0.2) is 28.9 Å². The Hall–Kier alpha value is -1.39. The molecule has 0 saturated heterocycles. The largest absolute Gasteiger partial charge is 0.478 e. The lowest BCUT2D eigenvalue weighted by atomic mass is 10.2. The normalized spacial score (nSPS) is 11.8. The topological polar surface area (TPSA) is 80.7 Å². The molecular weight excluding hydrogens is 164 g/mol. The van der Waals surface area contributed by atoms with Gasteiger partial charge in [0.1, 0.15) is 5.78 Å². The zero-order valence-corrected chi connectivity index (χ0v) is 6.86. The van der Waals surface area contributed by atoms with E-state index < -0.39 is 18.0 Å². The molecule has 0 rings (SSSR count). The average molecular weight is 174 g/mol. The number of carboxylic acids is 1. The van der Waals surface area contributed by atoms with Crippen molar-refractivity contribution in [1.82, 2.24) is 0 Å². The fraction of sp³-hybridized carbons (Fsp3) is 0.571. The zero-order chi connectivity index (χ0) is 9.72. The molecule has 0 fully saturated rings. The SMILES string of the molecule is CC(=O)C[C@H](OC(C)=O)C(=O)O. The Morgan fingerprint density at radius 1 is 1.33 bits per heavy atom. The average Bonchev–Trinajstić information content (AvgIpc) is 1.83. The first kappa shape index (κ1) is 10.6. The highest BCUT2D eigenvalue weighted by atomic mass is 16.6. The van der Waals surface area contributed by atoms with Crippen molar-refractivity contribution < 1.29 is 24.2 Å². The second kappa shape index (κ2) is 4.48. The van der Waals surface area contributed by atoms with E-state index in [2.05, 4.69) is 4.74 Å². The van der Waals surface area contributed by atoms with Crippen LogP contribution in [0.3, 0.4) is 0 Å². The third-order valence-corrected chi connectivity index (χ3v) is 1.06. The first-order chi connectivity index (χ1) is 5.43. The van der Waals surface area contributed by atoms with Gasteiger partial charge in [-0.05, 0) is 6.92 Å². The molecule has 0 bridgehead atoms. The van der Waals surface area contributed by atoms with Gasteiger partial charge in [-0.15, -0.1) is 0 Å². The van der Waals surface area contributed by atoms with Crippen LogP contribution < -0.4 is 0 Å². The molecule has 0 radical (unpaired) electrons. The van der Waals surface area contributed by atoms with Crippen LogP contribution in [0.2, 0.25) is 0 Å². The fourth-order valence-electron chi connectivity index (χ4n) is 0.641. The Morgan fingerprint density at radius 2 is 1.83 bits per heavy atom. The molecule has 0 aromatic heterocycles. The van der Waals surface area contributed by atoms with E-state index in [0.717, 1.165) is 6.92 Å². The third kappa shape index (κ3) is 4.43. The van der Waals surface area contributed by atoms with Crippen LogP contribution in [0.1, 0.15) is 20.3 Å². The number of carboxylic acid groups (broad SMARTS) is 1. The lowest BCUT2D eigenvalue weighted by Gasteiger charge is -2.09. The molecule has 12 heavy (non-hydrogen) atoms. The number of aliphatic carboxylic acids is 1. The summed E-state index contributed by atoms with van der Waals surface area (Å²) in [4.78, 5) is 31.2. The van der Waals surface area contributed by atoms with Crippen molar-refractivity contribution in [1.29, 1.82) is 0 Å². The zero-order valence-electron chi connectivity index (χ0n) is 6.86. The number of ketones is 1. The van der Waals surface area contributed by atoms with Crippen LogP contribution in [0, 0.1) is 0 Å². The number of hydrogen-bond acceptors (Lipinski definition) is 4. The maximum atomic E-state index is 10.5. The summed E-state index contributed by atoms with van der Waals surface area (Å²) in [7, 11) is 0. The van der Waals surface area contributed by atoms with E-state index in [4.69, 9.17) is 5.11 Å². The highest BCUT2D eigenvalue weighted by molar-refractivity contribution is 5.85. The summed E-state index contributed by atoms with van der Waals surface area (Å²) in [6, 6.07) is 0. The van der Waals surface area contributed by atoms with Crippen LogP contribution in [0.15, 0.2) is 0 Å². The van der Waals surface area contributed by atoms with Crippen molar-refractivity contribution in [3.05, 3.63) is 0 Å². The Balaban J connectivity index is 4.14. The van der Waals surface area contributed by atoms with Gasteiger partial charge in [0.2, 0.25) is 6.10 Å². The summed E-state index contributed by atoms with van der Waals surface area (Å²) < 4.78 is 4.36. The van der Waals surface area contributed by atoms with Crippen LogP contribution in [0.5, 0.6) is 0 Å². The molecule has 0 spiro atoms. The molecule has 5 nitrogen and oxygen atoms in total. The Labute approximate surface area is 69.3 Å². The molecule has 0 saturated carbocycles. The third-order valence-electron chi connectivity index (χ3n) is 1.06. The van der Waals surface area contributed by atoms with Gasteiger partial charge in [-0.3, -0.25) is 9.59 Å². The predicted octanol–water partition coefficient (Wildman–Crippen LogP) is -0.0182. The summed E-state index contributed by atoms with van der Waals surface area (Å²) in [5.41, 5.74) is 0. The molecule has 0 unspecified atom stereocenters. The van der Waals surface area contributed by atoms with E-state index in [1.807, 2.05) is 0 Å². The molecule has 1 atom stereocenters. The van der Waals surface area contributed by atoms with Gasteiger partial charge in [0, 0.05) is 6.92 Å². The number of esters is 1. The van der Waals surface area contributed by atoms with Crippen molar-refractivity contribution in [2.45, 2.75) is 26.4 Å². The fourth-order valence-corrected chi connectivity index (χ4v) is 0.641. The minimum atomic E-state index is -1.35. The number of ether oxygens (including phenoxy) is 1. The summed E-state index contributed by atoms with van der Waals surface area (Å²) in [5.74, 6) is -2.34. The molecule has 0 aliphatic heterocycles. The molecule has 0 aromatic carbocycles. The van der Waals surface area contributed by atoms with Crippen LogP contribution in [-0.2, 0) is 19.1 Å². The van der Waals surface area contributed by atoms with E-state index >= 15 is 0 Å². The van der Waals surface area contributed by atoms with Crippen LogP contribution in [0.4, 0.5) is 0 Å². The second-order valence-electron chi connectivity index (χ2n) is 2.34. The van der Waals surface area contributed by atoms with Gasteiger partial charge in [0.05, 0.1) is 6.42 Å². The first-order valence-electron chi connectivity index (χ1n) is 3.33. The number of hydrogen-bond donors (Lipinski definition) is 1. The van der Waals surface area contributed by atoms with E-state index in [-0.39, 0.29) is 12.2 Å². The second-order valence-corrected chi connectivity index (χ2v) is 2.34. The molecule has 0 aliphatic carbocycles. The van der Waals surface area contributed by atoms with Crippen molar-refractivity contribution in [3.8, 4) is 0 Å².